The molecule has 0 aromatic heterocycles. The molecule has 1 aliphatic heterocycles. The highest BCUT2D eigenvalue weighted by Gasteiger charge is 2.45. The number of halogens is 1. The number of rotatable bonds is 8. The highest BCUT2D eigenvalue weighted by Crippen LogP contribution is 2.39. The summed E-state index contributed by atoms with van der Waals surface area (Å²) in [6.07, 6.45) is 0. The van der Waals surface area contributed by atoms with Gasteiger partial charge in [0.15, 0.2) is 0 Å². The maximum absolute atomic E-state index is 13.0. The van der Waals surface area contributed by atoms with E-state index >= 15 is 0 Å². The number of ether oxygens (including phenoxy) is 1. The van der Waals surface area contributed by atoms with Crippen molar-refractivity contribution in [3.05, 3.63) is 70.3 Å². The van der Waals surface area contributed by atoms with Crippen molar-refractivity contribution in [3.63, 3.8) is 0 Å². The van der Waals surface area contributed by atoms with Crippen molar-refractivity contribution in [2.45, 2.75) is 19.9 Å². The Bertz CT molecular complexity index is 998. The number of aliphatic hydroxyl groups excluding tert-OH is 1. The fraction of sp³-hybridized carbons (Fsp3) is 0.360. The minimum atomic E-state index is -0.693. The number of carbonyl (C=O) groups excluding carboxylic acids is 2. The number of likely N-dealkylation sites (tertiary alicyclic amines) is 1. The van der Waals surface area contributed by atoms with Gasteiger partial charge in [-0.3, -0.25) is 9.59 Å². The maximum Gasteiger partial charge on any atom is 0.295 e. The number of ketones is 1. The summed E-state index contributed by atoms with van der Waals surface area (Å²) >= 11 is 6.04. The van der Waals surface area contributed by atoms with Crippen molar-refractivity contribution < 1.29 is 19.4 Å². The Kier molecular flexibility index (Phi) is 7.59. The fourth-order valence-corrected chi connectivity index (χ4v) is 3.66. The summed E-state index contributed by atoms with van der Waals surface area (Å²) in [6.45, 7) is 5.64. The zero-order valence-corrected chi connectivity index (χ0v) is 19.6. The molecule has 0 unspecified atom stereocenters. The average molecular weight is 457 g/mol. The molecular weight excluding hydrogens is 428 g/mol. The number of nitrogens with zero attached hydrogens (tertiary/aromatic N) is 2. The van der Waals surface area contributed by atoms with E-state index in [4.69, 9.17) is 16.3 Å². The molecule has 1 heterocycles. The second kappa shape index (κ2) is 10.2. The first-order valence-electron chi connectivity index (χ1n) is 10.6. The summed E-state index contributed by atoms with van der Waals surface area (Å²) in [7, 11) is 3.80. The molecule has 0 aliphatic carbocycles. The first kappa shape index (κ1) is 23.8. The van der Waals surface area contributed by atoms with Gasteiger partial charge in [-0.2, -0.15) is 0 Å². The summed E-state index contributed by atoms with van der Waals surface area (Å²) in [6, 6.07) is 13.2. The Morgan fingerprint density at radius 2 is 1.72 bits per heavy atom. The van der Waals surface area contributed by atoms with Gasteiger partial charge in [0.1, 0.15) is 11.5 Å². The molecule has 7 heteroatoms. The third-order valence-corrected chi connectivity index (χ3v) is 5.48. The Morgan fingerprint density at radius 3 is 2.28 bits per heavy atom. The van der Waals surface area contributed by atoms with Crippen LogP contribution < -0.4 is 4.74 Å². The van der Waals surface area contributed by atoms with Crippen LogP contribution in [0, 0.1) is 5.92 Å². The Labute approximate surface area is 194 Å². The Hall–Kier alpha value is -2.83. The van der Waals surface area contributed by atoms with Gasteiger partial charge in [-0.1, -0.05) is 37.6 Å². The summed E-state index contributed by atoms with van der Waals surface area (Å²) in [4.78, 5) is 29.3. The van der Waals surface area contributed by atoms with E-state index in [0.717, 1.165) is 0 Å². The van der Waals surface area contributed by atoms with Crippen molar-refractivity contribution in [3.8, 4) is 5.75 Å². The van der Waals surface area contributed by atoms with Crippen molar-refractivity contribution >= 4 is 29.1 Å². The largest absolute Gasteiger partial charge is 0.507 e. The van der Waals surface area contributed by atoms with Crippen LogP contribution in [0.2, 0.25) is 5.02 Å². The molecule has 2 aromatic rings. The van der Waals surface area contributed by atoms with Crippen LogP contribution in [0.25, 0.3) is 5.76 Å². The highest BCUT2D eigenvalue weighted by atomic mass is 35.5. The van der Waals surface area contributed by atoms with Crippen LogP contribution in [-0.4, -0.2) is 60.4 Å². The first-order chi connectivity index (χ1) is 15.2. The van der Waals surface area contributed by atoms with E-state index in [1.807, 2.05) is 19.0 Å². The maximum atomic E-state index is 13.0. The molecule has 1 atom stereocenters. The van der Waals surface area contributed by atoms with Crippen LogP contribution in [-0.2, 0) is 9.59 Å². The lowest BCUT2D eigenvalue weighted by Gasteiger charge is -2.26. The van der Waals surface area contributed by atoms with Crippen LogP contribution in [0.15, 0.2) is 54.1 Å². The van der Waals surface area contributed by atoms with Crippen molar-refractivity contribution in [1.82, 2.24) is 9.80 Å². The molecule has 0 saturated carbocycles. The quantitative estimate of drug-likeness (QED) is 0.363. The van der Waals surface area contributed by atoms with Crippen LogP contribution in [0.1, 0.15) is 31.0 Å². The van der Waals surface area contributed by atoms with E-state index in [9.17, 15) is 14.7 Å². The summed E-state index contributed by atoms with van der Waals surface area (Å²) in [5.41, 5.74) is 1.24. The van der Waals surface area contributed by atoms with Crippen LogP contribution in [0.5, 0.6) is 5.75 Å². The standard InChI is InChI=1S/C25H29ClN2O4/c1-16(2)15-32-20-11-7-18(8-12-20)23(29)21-22(17-5-9-19(26)10-6-17)28(14-13-27(3)4)25(31)24(21)30/h5-12,16,22,29H,13-15H2,1-4H3/b23-21+/t22-/m1/s1. The van der Waals surface area contributed by atoms with Crippen molar-refractivity contribution in [1.29, 1.82) is 0 Å². The Morgan fingerprint density at radius 1 is 1.09 bits per heavy atom. The summed E-state index contributed by atoms with van der Waals surface area (Å²) < 4.78 is 5.69. The van der Waals surface area contributed by atoms with Crippen molar-refractivity contribution in [2.75, 3.05) is 33.8 Å². The van der Waals surface area contributed by atoms with Gasteiger partial charge in [-0.25, -0.2) is 0 Å². The number of hydrogen-bond donors (Lipinski definition) is 1. The second-order valence-electron chi connectivity index (χ2n) is 8.58. The minimum absolute atomic E-state index is 0.0759. The molecule has 1 amide bonds. The van der Waals surface area contributed by atoms with E-state index in [0.29, 0.717) is 47.5 Å². The Balaban J connectivity index is 2.02. The smallest absolute Gasteiger partial charge is 0.295 e. The lowest BCUT2D eigenvalue weighted by molar-refractivity contribution is -0.140. The summed E-state index contributed by atoms with van der Waals surface area (Å²) in [5, 5.41) is 11.7. The first-order valence-corrected chi connectivity index (χ1v) is 11.0. The molecule has 3 rings (SSSR count). The number of benzene rings is 2. The van der Waals surface area contributed by atoms with Gasteiger partial charge in [0.05, 0.1) is 18.2 Å². The molecule has 170 valence electrons. The fourth-order valence-electron chi connectivity index (χ4n) is 3.54. The molecule has 32 heavy (non-hydrogen) atoms. The van der Waals surface area contributed by atoms with Gasteiger partial charge in [-0.05, 0) is 62.0 Å². The average Bonchev–Trinajstić information content (AvgIpc) is 3.01. The third-order valence-electron chi connectivity index (χ3n) is 5.22. The van der Waals surface area contributed by atoms with Gasteiger partial charge < -0.3 is 19.6 Å². The van der Waals surface area contributed by atoms with E-state index < -0.39 is 17.7 Å². The number of carbonyl (C=O) groups is 2. The van der Waals surface area contributed by atoms with Gasteiger partial charge in [0, 0.05) is 23.7 Å². The normalized spacial score (nSPS) is 18.1. The van der Waals surface area contributed by atoms with Crippen LogP contribution in [0.3, 0.4) is 0 Å². The number of hydrogen-bond acceptors (Lipinski definition) is 5. The zero-order valence-electron chi connectivity index (χ0n) is 18.8. The van der Waals surface area contributed by atoms with Gasteiger partial charge >= 0.3 is 0 Å². The topological polar surface area (TPSA) is 70.1 Å². The predicted octanol–water partition coefficient (Wildman–Crippen LogP) is 4.36. The summed E-state index contributed by atoms with van der Waals surface area (Å²) in [5.74, 6) is -0.450. The molecule has 0 bridgehead atoms. The van der Waals surface area contributed by atoms with Crippen LogP contribution in [0.4, 0.5) is 0 Å². The van der Waals surface area contributed by atoms with Gasteiger partial charge in [0.2, 0.25) is 0 Å². The molecule has 0 spiro atoms. The molecule has 2 aromatic carbocycles. The lowest BCUT2D eigenvalue weighted by Crippen LogP contribution is -2.35. The van der Waals surface area contributed by atoms with Gasteiger partial charge in [0.25, 0.3) is 11.7 Å². The molecule has 1 N–H and O–H groups in total. The number of Topliss-reactive ketones (excluding diaryl/α,β-unsaturated/α-hetero) is 1. The molecule has 0 radical (unpaired) electrons. The number of amides is 1. The van der Waals surface area contributed by atoms with Gasteiger partial charge in [-0.15, -0.1) is 0 Å². The number of likely N-dealkylation sites (N-methyl/N-ethyl adjacent to an activating group) is 1. The predicted molar refractivity (Wildman–Crippen MR) is 126 cm³/mol. The second-order valence-corrected chi connectivity index (χ2v) is 9.01. The molecular formula is C25H29ClN2O4. The molecule has 1 aliphatic rings. The zero-order chi connectivity index (χ0) is 23.4. The monoisotopic (exact) mass is 456 g/mol. The SMILES string of the molecule is CC(C)COc1ccc(/C(O)=C2\C(=O)C(=O)N(CCN(C)C)[C@@H]2c2ccc(Cl)cc2)cc1. The van der Waals surface area contributed by atoms with Crippen LogP contribution >= 0.6 is 11.6 Å². The van der Waals surface area contributed by atoms with E-state index in [1.165, 1.54) is 4.90 Å². The third kappa shape index (κ3) is 5.31. The van der Waals surface area contributed by atoms with Crippen molar-refractivity contribution in [2.24, 2.45) is 5.92 Å². The highest BCUT2D eigenvalue weighted by molar-refractivity contribution is 6.46. The molecule has 1 fully saturated rings. The minimum Gasteiger partial charge on any atom is -0.507 e. The molecule has 6 nitrogen and oxygen atoms in total. The van der Waals surface area contributed by atoms with E-state index in [-0.39, 0.29) is 11.3 Å². The van der Waals surface area contributed by atoms with E-state index in [2.05, 4.69) is 13.8 Å². The van der Waals surface area contributed by atoms with E-state index in [1.54, 1.807) is 48.5 Å². The lowest BCUT2D eigenvalue weighted by atomic mass is 9.95. The molecule has 1 saturated heterocycles. The number of aliphatic hydroxyl groups is 1.